The molecule has 2 heteroatoms. The van der Waals surface area contributed by atoms with Crippen molar-refractivity contribution in [1.29, 1.82) is 0 Å². The van der Waals surface area contributed by atoms with Gasteiger partial charge < -0.3 is 10.2 Å². The largest absolute Gasteiger partial charge is 0.472 e. The normalized spacial score (nSPS) is 22.2. The van der Waals surface area contributed by atoms with Gasteiger partial charge in [0.05, 0.1) is 12.5 Å². The fraction of sp³-hybridized carbons (Fsp3) is 0.600. The summed E-state index contributed by atoms with van der Waals surface area (Å²) >= 11 is 0. The van der Waals surface area contributed by atoms with E-state index in [0.717, 1.165) is 6.42 Å². The van der Waals surface area contributed by atoms with Crippen LogP contribution in [0.4, 0.5) is 0 Å². The third-order valence-corrected chi connectivity index (χ3v) is 2.97. The standard InChI is InChI=1S/C10H15NO/c1-10(3-4-10)9(11)6-8-2-5-12-7-8/h2,5,7,9H,3-4,6,11H2,1H3. The van der Waals surface area contributed by atoms with E-state index < -0.39 is 0 Å². The number of furan rings is 1. The van der Waals surface area contributed by atoms with Crippen molar-refractivity contribution in [3.05, 3.63) is 24.2 Å². The van der Waals surface area contributed by atoms with Crippen LogP contribution in [0.3, 0.4) is 0 Å². The zero-order valence-corrected chi connectivity index (χ0v) is 7.42. The molecular weight excluding hydrogens is 150 g/mol. The lowest BCUT2D eigenvalue weighted by Crippen LogP contribution is -2.31. The van der Waals surface area contributed by atoms with Gasteiger partial charge in [0.15, 0.2) is 0 Å². The van der Waals surface area contributed by atoms with Gasteiger partial charge in [0.2, 0.25) is 0 Å². The van der Waals surface area contributed by atoms with E-state index in [0.29, 0.717) is 11.5 Å². The molecule has 1 aromatic heterocycles. The Hall–Kier alpha value is -0.760. The monoisotopic (exact) mass is 165 g/mol. The van der Waals surface area contributed by atoms with Gasteiger partial charge in [-0.3, -0.25) is 0 Å². The van der Waals surface area contributed by atoms with E-state index in [1.807, 2.05) is 6.07 Å². The quantitative estimate of drug-likeness (QED) is 0.743. The molecule has 1 atom stereocenters. The molecule has 2 N–H and O–H groups in total. The zero-order chi connectivity index (χ0) is 8.60. The maximum absolute atomic E-state index is 6.06. The average Bonchev–Trinajstić information content (AvgIpc) is 2.63. The lowest BCUT2D eigenvalue weighted by molar-refractivity contribution is 0.431. The molecule has 1 aliphatic rings. The number of hydrogen-bond acceptors (Lipinski definition) is 2. The van der Waals surface area contributed by atoms with E-state index >= 15 is 0 Å². The Kier molecular flexibility index (Phi) is 1.72. The molecule has 1 heterocycles. The van der Waals surface area contributed by atoms with Crippen LogP contribution in [0.5, 0.6) is 0 Å². The molecule has 0 bridgehead atoms. The molecule has 1 saturated carbocycles. The van der Waals surface area contributed by atoms with Crippen LogP contribution < -0.4 is 5.73 Å². The molecule has 0 aliphatic heterocycles. The maximum atomic E-state index is 6.06. The van der Waals surface area contributed by atoms with Crippen LogP contribution in [0.15, 0.2) is 23.0 Å². The Bertz CT molecular complexity index is 249. The summed E-state index contributed by atoms with van der Waals surface area (Å²) in [6.45, 7) is 2.26. The first-order chi connectivity index (χ1) is 5.71. The maximum Gasteiger partial charge on any atom is 0.0935 e. The van der Waals surface area contributed by atoms with Crippen molar-refractivity contribution in [3.63, 3.8) is 0 Å². The van der Waals surface area contributed by atoms with Crippen molar-refractivity contribution in [2.75, 3.05) is 0 Å². The van der Waals surface area contributed by atoms with E-state index in [1.165, 1.54) is 18.4 Å². The summed E-state index contributed by atoms with van der Waals surface area (Å²) in [7, 11) is 0. The van der Waals surface area contributed by atoms with Gasteiger partial charge in [0.25, 0.3) is 0 Å². The van der Waals surface area contributed by atoms with Crippen molar-refractivity contribution in [2.24, 2.45) is 11.1 Å². The highest BCUT2D eigenvalue weighted by atomic mass is 16.3. The zero-order valence-electron chi connectivity index (χ0n) is 7.42. The fourth-order valence-electron chi connectivity index (χ4n) is 1.48. The third-order valence-electron chi connectivity index (χ3n) is 2.97. The average molecular weight is 165 g/mol. The number of hydrogen-bond donors (Lipinski definition) is 1. The van der Waals surface area contributed by atoms with Crippen LogP contribution in [0.25, 0.3) is 0 Å². The Morgan fingerprint density at radius 3 is 2.92 bits per heavy atom. The molecule has 0 spiro atoms. The first kappa shape index (κ1) is 7.87. The molecule has 12 heavy (non-hydrogen) atoms. The third kappa shape index (κ3) is 1.39. The van der Waals surface area contributed by atoms with Gasteiger partial charge in [-0.05, 0) is 36.3 Å². The molecule has 0 amide bonds. The van der Waals surface area contributed by atoms with Crippen molar-refractivity contribution >= 4 is 0 Å². The van der Waals surface area contributed by atoms with E-state index in [9.17, 15) is 0 Å². The Balaban J connectivity index is 1.95. The predicted octanol–water partition coefficient (Wildman–Crippen LogP) is 1.95. The summed E-state index contributed by atoms with van der Waals surface area (Å²) in [5, 5.41) is 0. The molecule has 2 nitrogen and oxygen atoms in total. The van der Waals surface area contributed by atoms with Crippen LogP contribution in [0.2, 0.25) is 0 Å². The molecule has 1 aromatic rings. The van der Waals surface area contributed by atoms with Crippen LogP contribution in [0.1, 0.15) is 25.3 Å². The van der Waals surface area contributed by atoms with Crippen molar-refractivity contribution < 1.29 is 4.42 Å². The Labute approximate surface area is 72.7 Å². The van der Waals surface area contributed by atoms with Crippen molar-refractivity contribution in [3.8, 4) is 0 Å². The van der Waals surface area contributed by atoms with Gasteiger partial charge in [-0.25, -0.2) is 0 Å². The molecule has 0 aromatic carbocycles. The summed E-state index contributed by atoms with van der Waals surface area (Å²) in [6, 6.07) is 2.29. The summed E-state index contributed by atoms with van der Waals surface area (Å²) in [5.74, 6) is 0. The second kappa shape index (κ2) is 2.63. The molecule has 66 valence electrons. The summed E-state index contributed by atoms with van der Waals surface area (Å²) in [5.41, 5.74) is 7.69. The molecule has 2 rings (SSSR count). The van der Waals surface area contributed by atoms with Crippen molar-refractivity contribution in [2.45, 2.75) is 32.2 Å². The Morgan fingerprint density at radius 2 is 2.42 bits per heavy atom. The SMILES string of the molecule is CC1(C(N)Cc2ccoc2)CC1. The highest BCUT2D eigenvalue weighted by molar-refractivity contribution is 5.11. The smallest absolute Gasteiger partial charge is 0.0935 e. The summed E-state index contributed by atoms with van der Waals surface area (Å²) in [4.78, 5) is 0. The number of rotatable bonds is 3. The van der Waals surface area contributed by atoms with Gasteiger partial charge in [-0.2, -0.15) is 0 Å². The van der Waals surface area contributed by atoms with Gasteiger partial charge in [0.1, 0.15) is 0 Å². The lowest BCUT2D eigenvalue weighted by Gasteiger charge is -2.17. The summed E-state index contributed by atoms with van der Waals surface area (Å²) in [6.07, 6.45) is 7.01. The lowest BCUT2D eigenvalue weighted by atomic mass is 9.94. The minimum absolute atomic E-state index is 0.301. The highest BCUT2D eigenvalue weighted by Gasteiger charge is 2.42. The first-order valence-electron chi connectivity index (χ1n) is 4.47. The minimum Gasteiger partial charge on any atom is -0.472 e. The Morgan fingerprint density at radius 1 is 1.67 bits per heavy atom. The predicted molar refractivity (Wildman–Crippen MR) is 47.7 cm³/mol. The van der Waals surface area contributed by atoms with E-state index in [2.05, 4.69) is 6.92 Å². The molecular formula is C10H15NO. The van der Waals surface area contributed by atoms with Gasteiger partial charge in [-0.15, -0.1) is 0 Å². The van der Waals surface area contributed by atoms with Crippen LogP contribution in [-0.4, -0.2) is 6.04 Å². The fourth-order valence-corrected chi connectivity index (χ4v) is 1.48. The topological polar surface area (TPSA) is 39.2 Å². The molecule has 0 saturated heterocycles. The van der Waals surface area contributed by atoms with E-state index in [4.69, 9.17) is 10.2 Å². The van der Waals surface area contributed by atoms with E-state index in [-0.39, 0.29) is 0 Å². The highest BCUT2D eigenvalue weighted by Crippen LogP contribution is 2.48. The van der Waals surface area contributed by atoms with E-state index in [1.54, 1.807) is 12.5 Å². The number of nitrogens with two attached hydrogens (primary N) is 1. The minimum atomic E-state index is 0.301. The first-order valence-corrected chi connectivity index (χ1v) is 4.47. The van der Waals surface area contributed by atoms with Gasteiger partial charge in [0, 0.05) is 6.04 Å². The van der Waals surface area contributed by atoms with Gasteiger partial charge >= 0.3 is 0 Å². The summed E-state index contributed by atoms with van der Waals surface area (Å²) < 4.78 is 4.99. The second-order valence-corrected chi connectivity index (χ2v) is 4.10. The van der Waals surface area contributed by atoms with Gasteiger partial charge in [-0.1, -0.05) is 6.92 Å². The van der Waals surface area contributed by atoms with Crippen LogP contribution >= 0.6 is 0 Å². The molecule has 1 aliphatic carbocycles. The second-order valence-electron chi connectivity index (χ2n) is 4.10. The van der Waals surface area contributed by atoms with Crippen molar-refractivity contribution in [1.82, 2.24) is 0 Å². The van der Waals surface area contributed by atoms with Crippen LogP contribution in [0, 0.1) is 5.41 Å². The van der Waals surface area contributed by atoms with Crippen LogP contribution in [-0.2, 0) is 6.42 Å². The molecule has 1 fully saturated rings. The molecule has 0 radical (unpaired) electrons. The molecule has 1 unspecified atom stereocenters.